The number of hydrogen-bond acceptors (Lipinski definition) is 5. The van der Waals surface area contributed by atoms with Crippen molar-refractivity contribution in [2.75, 3.05) is 11.9 Å². The van der Waals surface area contributed by atoms with Crippen molar-refractivity contribution < 1.29 is 18.5 Å². The van der Waals surface area contributed by atoms with Gasteiger partial charge < -0.3 is 19.0 Å². The molecule has 6 heteroatoms. The number of aromatic nitrogens is 1. The van der Waals surface area contributed by atoms with E-state index in [9.17, 15) is 4.79 Å². The smallest absolute Gasteiger partial charge is 0.249 e. The third-order valence-corrected chi connectivity index (χ3v) is 5.52. The molecule has 0 aliphatic heterocycles. The molecule has 0 saturated carbocycles. The van der Waals surface area contributed by atoms with E-state index in [1.165, 1.54) is 12.3 Å². The number of nitrogens with zero attached hydrogens (tertiary/aromatic N) is 1. The molecule has 0 bridgehead atoms. The average Bonchev–Trinajstić information content (AvgIpc) is 3.48. The maximum absolute atomic E-state index is 12.5. The third-order valence-electron chi connectivity index (χ3n) is 5.52. The first kappa shape index (κ1) is 20.6. The average molecular weight is 438 g/mol. The lowest BCUT2D eigenvalue weighted by Crippen LogP contribution is -2.09. The number of nitrogens with one attached hydrogen (secondary N) is 1. The fourth-order valence-electron chi connectivity index (χ4n) is 4.02. The van der Waals surface area contributed by atoms with Crippen LogP contribution in [0.3, 0.4) is 0 Å². The second-order valence-corrected chi connectivity index (χ2v) is 7.65. The van der Waals surface area contributed by atoms with E-state index in [0.29, 0.717) is 18.2 Å². The maximum atomic E-state index is 12.5. The molecule has 0 unspecified atom stereocenters. The summed E-state index contributed by atoms with van der Waals surface area (Å²) < 4.78 is 16.6. The Hall–Kier alpha value is -4.32. The van der Waals surface area contributed by atoms with Gasteiger partial charge in [-0.25, -0.2) is 0 Å². The number of hydrogen-bond donors (Lipinski definition) is 1. The zero-order valence-electron chi connectivity index (χ0n) is 18.3. The standard InChI is InChI=1S/C27H22N2O4/c1-3-31-24-15-25-22(14-21(24)17(2)13-27(30)28-26-11-12-33-29-26)23(16-32-25)20-10-6-8-18-7-4-5-9-19(18)20/h4-16H,3H2,1-2H3,(H,28,29,30)/b17-13+. The minimum atomic E-state index is -0.301. The zero-order valence-corrected chi connectivity index (χ0v) is 18.3. The Bertz CT molecular complexity index is 1470. The van der Waals surface area contributed by atoms with Crippen molar-refractivity contribution in [3.05, 3.63) is 84.8 Å². The maximum Gasteiger partial charge on any atom is 0.249 e. The van der Waals surface area contributed by atoms with Crippen LogP contribution in [0.1, 0.15) is 19.4 Å². The van der Waals surface area contributed by atoms with Crippen molar-refractivity contribution in [1.82, 2.24) is 5.16 Å². The van der Waals surface area contributed by atoms with Gasteiger partial charge in [-0.05, 0) is 41.8 Å². The topological polar surface area (TPSA) is 77.5 Å². The van der Waals surface area contributed by atoms with E-state index >= 15 is 0 Å². The van der Waals surface area contributed by atoms with Crippen LogP contribution in [0.15, 0.2) is 88.2 Å². The zero-order chi connectivity index (χ0) is 22.8. The number of ether oxygens (including phenoxy) is 1. The van der Waals surface area contributed by atoms with E-state index < -0.39 is 0 Å². The monoisotopic (exact) mass is 438 g/mol. The van der Waals surface area contributed by atoms with Gasteiger partial charge in [-0.15, -0.1) is 0 Å². The summed E-state index contributed by atoms with van der Waals surface area (Å²) in [7, 11) is 0. The SMILES string of the molecule is CCOc1cc2occ(-c3cccc4ccccc34)c2cc1/C(C)=C/C(=O)Nc1ccon1. The van der Waals surface area contributed by atoms with Crippen LogP contribution < -0.4 is 10.1 Å². The number of benzene rings is 3. The summed E-state index contributed by atoms with van der Waals surface area (Å²) >= 11 is 0. The number of rotatable bonds is 6. The van der Waals surface area contributed by atoms with Crippen molar-refractivity contribution in [1.29, 1.82) is 0 Å². The van der Waals surface area contributed by atoms with Crippen LogP contribution in [0.25, 0.3) is 38.4 Å². The summed E-state index contributed by atoms with van der Waals surface area (Å²) in [4.78, 5) is 12.5. The molecule has 0 spiro atoms. The van der Waals surface area contributed by atoms with E-state index in [4.69, 9.17) is 13.7 Å². The summed E-state index contributed by atoms with van der Waals surface area (Å²) in [5, 5.41) is 9.66. The molecule has 0 aliphatic rings. The Balaban J connectivity index is 1.61. The van der Waals surface area contributed by atoms with E-state index in [0.717, 1.165) is 44.0 Å². The summed E-state index contributed by atoms with van der Waals surface area (Å²) in [5.74, 6) is 0.717. The normalized spacial score (nSPS) is 11.8. The molecule has 0 radical (unpaired) electrons. The predicted octanol–water partition coefficient (Wildman–Crippen LogP) is 6.68. The van der Waals surface area contributed by atoms with Gasteiger partial charge in [0.05, 0.1) is 12.9 Å². The molecule has 0 saturated heterocycles. The molecule has 2 aromatic heterocycles. The van der Waals surface area contributed by atoms with Crippen LogP contribution in [0.5, 0.6) is 5.75 Å². The highest BCUT2D eigenvalue weighted by Crippen LogP contribution is 2.39. The molecule has 5 rings (SSSR count). The van der Waals surface area contributed by atoms with Gasteiger partial charge in [-0.2, -0.15) is 0 Å². The van der Waals surface area contributed by atoms with Crippen LogP contribution in [0, 0.1) is 0 Å². The van der Waals surface area contributed by atoms with Crippen LogP contribution in [-0.2, 0) is 4.79 Å². The third kappa shape index (κ3) is 3.99. The number of fused-ring (bicyclic) bond motifs is 2. The highest BCUT2D eigenvalue weighted by molar-refractivity contribution is 6.07. The van der Waals surface area contributed by atoms with Gasteiger partial charge in [-0.1, -0.05) is 47.6 Å². The van der Waals surface area contributed by atoms with Gasteiger partial charge in [0.2, 0.25) is 5.91 Å². The number of carbonyl (C=O) groups excluding carboxylic acids is 1. The highest BCUT2D eigenvalue weighted by Gasteiger charge is 2.16. The molecule has 6 nitrogen and oxygen atoms in total. The molecule has 0 atom stereocenters. The summed E-state index contributed by atoms with van der Waals surface area (Å²) in [5.41, 5.74) is 4.39. The molecule has 1 N–H and O–H groups in total. The van der Waals surface area contributed by atoms with Crippen LogP contribution in [-0.4, -0.2) is 17.7 Å². The van der Waals surface area contributed by atoms with Gasteiger partial charge in [-0.3, -0.25) is 4.79 Å². The molecular formula is C27H22N2O4. The minimum Gasteiger partial charge on any atom is -0.493 e. The molecule has 3 aromatic carbocycles. The quantitative estimate of drug-likeness (QED) is 0.299. The van der Waals surface area contributed by atoms with E-state index in [-0.39, 0.29) is 5.91 Å². The number of carbonyl (C=O) groups is 1. The summed E-state index contributed by atoms with van der Waals surface area (Å²) in [6, 6.07) is 20.0. The van der Waals surface area contributed by atoms with Gasteiger partial charge >= 0.3 is 0 Å². The Morgan fingerprint density at radius 1 is 1.06 bits per heavy atom. The lowest BCUT2D eigenvalue weighted by atomic mass is 9.96. The minimum absolute atomic E-state index is 0.301. The fraction of sp³-hybridized carbons (Fsp3) is 0.111. The first-order chi connectivity index (χ1) is 16.1. The lowest BCUT2D eigenvalue weighted by molar-refractivity contribution is -0.111. The van der Waals surface area contributed by atoms with Crippen molar-refractivity contribution in [2.45, 2.75) is 13.8 Å². The predicted molar refractivity (Wildman–Crippen MR) is 129 cm³/mol. The molecule has 33 heavy (non-hydrogen) atoms. The van der Waals surface area contributed by atoms with Crippen LogP contribution in [0.2, 0.25) is 0 Å². The van der Waals surface area contributed by atoms with Crippen molar-refractivity contribution >= 4 is 39.0 Å². The number of anilines is 1. The molecule has 1 amide bonds. The van der Waals surface area contributed by atoms with Crippen LogP contribution in [0.4, 0.5) is 5.82 Å². The number of furan rings is 1. The van der Waals surface area contributed by atoms with Gasteiger partial charge in [0.25, 0.3) is 0 Å². The lowest BCUT2D eigenvalue weighted by Gasteiger charge is -2.12. The Kier molecular flexibility index (Phi) is 5.40. The van der Waals surface area contributed by atoms with E-state index in [1.54, 1.807) is 12.3 Å². The Morgan fingerprint density at radius 2 is 1.91 bits per heavy atom. The molecule has 5 aromatic rings. The van der Waals surface area contributed by atoms with Crippen molar-refractivity contribution in [3.63, 3.8) is 0 Å². The van der Waals surface area contributed by atoms with Crippen molar-refractivity contribution in [2.24, 2.45) is 0 Å². The first-order valence-electron chi connectivity index (χ1n) is 10.7. The highest BCUT2D eigenvalue weighted by atomic mass is 16.5. The number of allylic oxidation sites excluding steroid dienone is 1. The molecule has 164 valence electrons. The van der Waals surface area contributed by atoms with Crippen molar-refractivity contribution in [3.8, 4) is 16.9 Å². The van der Waals surface area contributed by atoms with Gasteiger partial charge in [0.15, 0.2) is 5.82 Å². The molecule has 0 aliphatic carbocycles. The van der Waals surface area contributed by atoms with E-state index in [2.05, 4.69) is 34.7 Å². The molecular weight excluding hydrogens is 416 g/mol. The summed E-state index contributed by atoms with van der Waals surface area (Å²) in [6.45, 7) is 4.30. The first-order valence-corrected chi connectivity index (χ1v) is 10.7. The fourth-order valence-corrected chi connectivity index (χ4v) is 4.02. The second-order valence-electron chi connectivity index (χ2n) is 7.65. The van der Waals surface area contributed by atoms with E-state index in [1.807, 2.05) is 44.2 Å². The molecule has 2 heterocycles. The Labute approximate surface area is 190 Å². The Morgan fingerprint density at radius 3 is 2.73 bits per heavy atom. The van der Waals surface area contributed by atoms with Crippen LogP contribution >= 0.6 is 0 Å². The van der Waals surface area contributed by atoms with Gasteiger partial charge in [0, 0.05) is 34.7 Å². The second kappa shape index (κ2) is 8.67. The number of amides is 1. The molecule has 0 fully saturated rings. The largest absolute Gasteiger partial charge is 0.493 e. The van der Waals surface area contributed by atoms with Gasteiger partial charge in [0.1, 0.15) is 17.6 Å². The summed E-state index contributed by atoms with van der Waals surface area (Å²) in [6.07, 6.45) is 4.71.